The second-order valence-electron chi connectivity index (χ2n) is 4.13. The van der Waals surface area contributed by atoms with Crippen molar-refractivity contribution in [1.29, 1.82) is 0 Å². The van der Waals surface area contributed by atoms with Crippen LogP contribution in [-0.4, -0.2) is 26.3 Å². The molecule has 0 radical (unpaired) electrons. The lowest BCUT2D eigenvalue weighted by Gasteiger charge is -2.12. The maximum Gasteiger partial charge on any atom is 0.239 e. The van der Waals surface area contributed by atoms with Crippen LogP contribution in [0.15, 0.2) is 22.7 Å². The molecule has 0 bridgehead atoms. The molecule has 8 heteroatoms. The summed E-state index contributed by atoms with van der Waals surface area (Å²) in [6.07, 6.45) is 2.40. The number of pyridine rings is 1. The van der Waals surface area contributed by atoms with Gasteiger partial charge in [0, 0.05) is 6.20 Å². The van der Waals surface area contributed by atoms with E-state index in [1.165, 1.54) is 23.1 Å². The van der Waals surface area contributed by atoms with E-state index in [9.17, 15) is 4.79 Å². The van der Waals surface area contributed by atoms with Gasteiger partial charge in [-0.15, -0.1) is 10.2 Å². The topological polar surface area (TPSA) is 93.8 Å². The van der Waals surface area contributed by atoms with Crippen LogP contribution in [0, 0.1) is 6.92 Å². The first-order chi connectivity index (χ1) is 9.58. The lowest BCUT2D eigenvalue weighted by molar-refractivity contribution is -0.115. The summed E-state index contributed by atoms with van der Waals surface area (Å²) in [6.45, 7) is 3.90. The summed E-state index contributed by atoms with van der Waals surface area (Å²) in [6, 6.07) is 3.69. The van der Waals surface area contributed by atoms with E-state index in [1.807, 2.05) is 19.9 Å². The highest BCUT2D eigenvalue weighted by Crippen LogP contribution is 2.29. The largest absolute Gasteiger partial charge is 0.374 e. The Balaban J connectivity index is 2.00. The molecule has 106 valence electrons. The maximum absolute atomic E-state index is 12.2. The molecule has 0 aliphatic carbocycles. The van der Waals surface area contributed by atoms with Gasteiger partial charge in [-0.25, -0.2) is 4.98 Å². The first-order valence-corrected chi connectivity index (χ1v) is 7.77. The Morgan fingerprint density at radius 2 is 2.30 bits per heavy atom. The molecular formula is C12H15N5OS2. The molecule has 2 aromatic heterocycles. The number of rotatable bonds is 5. The van der Waals surface area contributed by atoms with Crippen LogP contribution in [0.25, 0.3) is 0 Å². The number of anilines is 2. The number of carbonyl (C=O) groups excluding carboxylic acids is 1. The van der Waals surface area contributed by atoms with Crippen molar-refractivity contribution in [2.24, 2.45) is 0 Å². The fourth-order valence-corrected chi connectivity index (χ4v) is 3.26. The molecule has 2 heterocycles. The molecule has 3 N–H and O–H groups in total. The fourth-order valence-electron chi connectivity index (χ4n) is 1.46. The minimum absolute atomic E-state index is 0.0948. The third-order valence-electron chi connectivity index (χ3n) is 2.49. The predicted molar refractivity (Wildman–Crippen MR) is 81.9 cm³/mol. The SMILES string of the molecule is CCC(Sc1nnc(N)s1)C(=O)Nc1ccc(C)cn1. The summed E-state index contributed by atoms with van der Waals surface area (Å²) in [5.74, 6) is 0.457. The highest BCUT2D eigenvalue weighted by molar-refractivity contribution is 8.02. The van der Waals surface area contributed by atoms with Crippen LogP contribution < -0.4 is 11.1 Å². The van der Waals surface area contributed by atoms with E-state index in [2.05, 4.69) is 20.5 Å². The Morgan fingerprint density at radius 3 is 2.85 bits per heavy atom. The highest BCUT2D eigenvalue weighted by Gasteiger charge is 2.20. The number of aromatic nitrogens is 3. The standard InChI is InChI=1S/C12H15N5OS2/c1-3-8(19-12-17-16-11(13)20-12)10(18)15-9-5-4-7(2)6-14-9/h4-6,8H,3H2,1-2H3,(H2,13,16)(H,14,15,18). The highest BCUT2D eigenvalue weighted by atomic mass is 32.2. The Bertz CT molecular complexity index is 584. The molecule has 20 heavy (non-hydrogen) atoms. The zero-order valence-corrected chi connectivity index (χ0v) is 12.8. The van der Waals surface area contributed by atoms with E-state index in [0.29, 0.717) is 21.7 Å². The second-order valence-corrected chi connectivity index (χ2v) is 6.59. The molecule has 0 aliphatic rings. The van der Waals surface area contributed by atoms with Crippen molar-refractivity contribution in [1.82, 2.24) is 15.2 Å². The molecule has 1 unspecified atom stereocenters. The zero-order valence-electron chi connectivity index (χ0n) is 11.2. The van der Waals surface area contributed by atoms with Gasteiger partial charge in [-0.2, -0.15) is 0 Å². The first-order valence-electron chi connectivity index (χ1n) is 6.07. The van der Waals surface area contributed by atoms with Gasteiger partial charge >= 0.3 is 0 Å². The van der Waals surface area contributed by atoms with Crippen LogP contribution >= 0.6 is 23.1 Å². The van der Waals surface area contributed by atoms with Crippen LogP contribution in [0.5, 0.6) is 0 Å². The summed E-state index contributed by atoms with van der Waals surface area (Å²) in [5, 5.41) is 10.6. The first kappa shape index (κ1) is 14.7. The second kappa shape index (κ2) is 6.67. The minimum atomic E-state index is -0.245. The lowest BCUT2D eigenvalue weighted by atomic mass is 10.3. The van der Waals surface area contributed by atoms with Crippen LogP contribution in [0.3, 0.4) is 0 Å². The summed E-state index contributed by atoms with van der Waals surface area (Å²) in [4.78, 5) is 16.4. The molecular weight excluding hydrogens is 294 g/mol. The number of carbonyl (C=O) groups is 1. The third kappa shape index (κ3) is 3.91. The van der Waals surface area contributed by atoms with E-state index >= 15 is 0 Å². The van der Waals surface area contributed by atoms with Crippen molar-refractivity contribution in [2.45, 2.75) is 29.9 Å². The van der Waals surface area contributed by atoms with Crippen molar-refractivity contribution in [3.8, 4) is 0 Å². The molecule has 0 spiro atoms. The number of nitrogen functional groups attached to an aromatic ring is 1. The third-order valence-corrected chi connectivity index (χ3v) is 4.69. The van der Waals surface area contributed by atoms with Crippen molar-refractivity contribution < 1.29 is 4.79 Å². The molecule has 2 rings (SSSR count). The Morgan fingerprint density at radius 1 is 1.50 bits per heavy atom. The van der Waals surface area contributed by atoms with E-state index in [0.717, 1.165) is 5.56 Å². The number of nitrogens with two attached hydrogens (primary N) is 1. The molecule has 0 saturated heterocycles. The smallest absolute Gasteiger partial charge is 0.239 e. The van der Waals surface area contributed by atoms with E-state index in [4.69, 9.17) is 5.73 Å². The van der Waals surface area contributed by atoms with Gasteiger partial charge in [0.2, 0.25) is 11.0 Å². The average molecular weight is 309 g/mol. The van der Waals surface area contributed by atoms with Gasteiger partial charge < -0.3 is 11.1 Å². The monoisotopic (exact) mass is 309 g/mol. The summed E-state index contributed by atoms with van der Waals surface area (Å²) in [7, 11) is 0. The summed E-state index contributed by atoms with van der Waals surface area (Å²) in [5.41, 5.74) is 6.58. The van der Waals surface area contributed by atoms with E-state index in [1.54, 1.807) is 12.3 Å². The number of thioether (sulfide) groups is 1. The van der Waals surface area contributed by atoms with Crippen molar-refractivity contribution in [3.63, 3.8) is 0 Å². The molecule has 1 amide bonds. The Kier molecular flexibility index (Phi) is 4.91. The maximum atomic E-state index is 12.2. The lowest BCUT2D eigenvalue weighted by Crippen LogP contribution is -2.25. The molecule has 0 aliphatic heterocycles. The summed E-state index contributed by atoms with van der Waals surface area (Å²) < 4.78 is 0.696. The molecule has 0 fully saturated rings. The average Bonchev–Trinajstić information content (AvgIpc) is 2.84. The van der Waals surface area contributed by atoms with E-state index < -0.39 is 0 Å². The number of amides is 1. The molecule has 0 aromatic carbocycles. The molecule has 0 saturated carbocycles. The summed E-state index contributed by atoms with van der Waals surface area (Å²) >= 11 is 2.65. The van der Waals surface area contributed by atoms with Crippen molar-refractivity contribution >= 4 is 40.0 Å². The van der Waals surface area contributed by atoms with Gasteiger partial charge in [0.15, 0.2) is 4.34 Å². The number of aryl methyl sites for hydroxylation is 1. The van der Waals surface area contributed by atoms with Crippen LogP contribution in [0.4, 0.5) is 10.9 Å². The molecule has 6 nitrogen and oxygen atoms in total. The van der Waals surface area contributed by atoms with Gasteiger partial charge in [0.05, 0.1) is 5.25 Å². The fraction of sp³-hybridized carbons (Fsp3) is 0.333. The number of hydrogen-bond acceptors (Lipinski definition) is 7. The van der Waals surface area contributed by atoms with Crippen LogP contribution in [0.1, 0.15) is 18.9 Å². The zero-order chi connectivity index (χ0) is 14.5. The van der Waals surface area contributed by atoms with Gasteiger partial charge in [0.1, 0.15) is 5.82 Å². The molecule has 1 atom stereocenters. The number of nitrogens with one attached hydrogen (secondary N) is 1. The normalized spacial score (nSPS) is 12.1. The van der Waals surface area contributed by atoms with E-state index in [-0.39, 0.29) is 11.2 Å². The quantitative estimate of drug-likeness (QED) is 0.823. The van der Waals surface area contributed by atoms with Gasteiger partial charge in [-0.3, -0.25) is 4.79 Å². The minimum Gasteiger partial charge on any atom is -0.374 e. The molecule has 2 aromatic rings. The Hall–Kier alpha value is -1.67. The number of nitrogens with zero attached hydrogens (tertiary/aromatic N) is 3. The van der Waals surface area contributed by atoms with Gasteiger partial charge in [-0.1, -0.05) is 36.1 Å². The van der Waals surface area contributed by atoms with Crippen molar-refractivity contribution in [2.75, 3.05) is 11.1 Å². The van der Waals surface area contributed by atoms with Crippen LogP contribution in [0.2, 0.25) is 0 Å². The van der Waals surface area contributed by atoms with Gasteiger partial charge in [-0.05, 0) is 25.0 Å². The van der Waals surface area contributed by atoms with Crippen molar-refractivity contribution in [3.05, 3.63) is 23.9 Å². The van der Waals surface area contributed by atoms with Crippen LogP contribution in [-0.2, 0) is 4.79 Å². The predicted octanol–water partition coefficient (Wildman–Crippen LogP) is 2.33. The van der Waals surface area contributed by atoms with Gasteiger partial charge in [0.25, 0.3) is 0 Å². The number of hydrogen-bond donors (Lipinski definition) is 2. The Labute approximate surface area is 125 Å².